The highest BCUT2D eigenvalue weighted by Crippen LogP contribution is 2.37. The Labute approximate surface area is 143 Å². The second-order valence-electron chi connectivity index (χ2n) is 5.94. The van der Waals surface area contributed by atoms with Crippen molar-refractivity contribution in [2.45, 2.75) is 13.0 Å². The van der Waals surface area contributed by atoms with Gasteiger partial charge in [0.15, 0.2) is 0 Å². The molecule has 4 aromatic rings. The minimum absolute atomic E-state index is 0.412. The summed E-state index contributed by atoms with van der Waals surface area (Å²) in [7, 11) is 1.58. The number of benzene rings is 2. The van der Waals surface area contributed by atoms with E-state index in [9.17, 15) is 5.11 Å². The Bertz CT molecular complexity index is 1130. The standard InChI is InChI=1S/C19H16N4O2/c1-10-7-15(25-2)16(12-5-6-21-17(10)12)18(24)19-22-13-4-3-11(9-20)8-14(13)23-19/h3-8,18,21,24H,1-2H3,(H,22,23). The lowest BCUT2D eigenvalue weighted by atomic mass is 10.00. The number of aliphatic hydroxyl groups excluding tert-OH is 1. The van der Waals surface area contributed by atoms with Crippen molar-refractivity contribution in [1.82, 2.24) is 15.0 Å². The van der Waals surface area contributed by atoms with Crippen LogP contribution in [0.3, 0.4) is 0 Å². The lowest BCUT2D eigenvalue weighted by Gasteiger charge is -2.15. The molecule has 2 aromatic heterocycles. The van der Waals surface area contributed by atoms with Crippen LogP contribution in [0.4, 0.5) is 0 Å². The molecule has 25 heavy (non-hydrogen) atoms. The molecule has 0 amide bonds. The van der Waals surface area contributed by atoms with Crippen molar-refractivity contribution in [3.63, 3.8) is 0 Å². The Morgan fingerprint density at radius 2 is 2.12 bits per heavy atom. The van der Waals surface area contributed by atoms with Gasteiger partial charge >= 0.3 is 0 Å². The van der Waals surface area contributed by atoms with Gasteiger partial charge in [-0.2, -0.15) is 5.26 Å². The summed E-state index contributed by atoms with van der Waals surface area (Å²) in [6.07, 6.45) is 0.859. The first-order valence-corrected chi connectivity index (χ1v) is 7.84. The number of H-pyrrole nitrogens is 2. The monoisotopic (exact) mass is 332 g/mol. The summed E-state index contributed by atoms with van der Waals surface area (Å²) in [4.78, 5) is 10.8. The van der Waals surface area contributed by atoms with E-state index in [-0.39, 0.29) is 0 Å². The number of ether oxygens (including phenoxy) is 1. The van der Waals surface area contributed by atoms with E-state index < -0.39 is 6.10 Å². The molecule has 0 bridgehead atoms. The summed E-state index contributed by atoms with van der Waals surface area (Å²) in [6, 6.07) is 11.1. The Balaban J connectivity index is 1.90. The normalized spacial score (nSPS) is 12.4. The Morgan fingerprint density at radius 3 is 2.88 bits per heavy atom. The molecular formula is C19H16N4O2. The third-order valence-corrected chi connectivity index (χ3v) is 4.43. The molecule has 0 aliphatic heterocycles. The molecule has 124 valence electrons. The lowest BCUT2D eigenvalue weighted by Crippen LogP contribution is -2.05. The first-order chi connectivity index (χ1) is 12.1. The lowest BCUT2D eigenvalue weighted by molar-refractivity contribution is 0.208. The third-order valence-electron chi connectivity index (χ3n) is 4.43. The number of aryl methyl sites for hydroxylation is 1. The van der Waals surface area contributed by atoms with E-state index in [0.29, 0.717) is 28.2 Å². The van der Waals surface area contributed by atoms with Crippen LogP contribution in [0.15, 0.2) is 36.5 Å². The van der Waals surface area contributed by atoms with Gasteiger partial charge in [-0.3, -0.25) is 0 Å². The maximum Gasteiger partial charge on any atom is 0.141 e. The molecule has 2 heterocycles. The number of nitrogens with zero attached hydrogens (tertiary/aromatic N) is 2. The summed E-state index contributed by atoms with van der Waals surface area (Å²) in [5, 5.41) is 20.9. The number of methoxy groups -OCH3 is 1. The summed E-state index contributed by atoms with van der Waals surface area (Å²) < 4.78 is 5.50. The SMILES string of the molecule is COc1cc(C)c2[nH]ccc2c1C(O)c1nc2cc(C#N)ccc2[nH]1. The third kappa shape index (κ3) is 2.33. The van der Waals surface area contributed by atoms with Gasteiger partial charge in [0, 0.05) is 22.7 Å². The Morgan fingerprint density at radius 1 is 1.28 bits per heavy atom. The molecule has 0 spiro atoms. The van der Waals surface area contributed by atoms with Crippen molar-refractivity contribution in [2.24, 2.45) is 0 Å². The van der Waals surface area contributed by atoms with Crippen molar-refractivity contribution in [2.75, 3.05) is 7.11 Å². The van der Waals surface area contributed by atoms with Crippen LogP contribution in [-0.4, -0.2) is 27.2 Å². The molecule has 0 saturated carbocycles. The van der Waals surface area contributed by atoms with E-state index in [2.05, 4.69) is 21.0 Å². The molecule has 6 nitrogen and oxygen atoms in total. The van der Waals surface area contributed by atoms with Crippen LogP contribution >= 0.6 is 0 Å². The maximum absolute atomic E-state index is 11.0. The van der Waals surface area contributed by atoms with Crippen molar-refractivity contribution in [3.05, 3.63) is 59.0 Å². The zero-order valence-electron chi connectivity index (χ0n) is 13.8. The van der Waals surface area contributed by atoms with Crippen LogP contribution in [0.1, 0.15) is 28.6 Å². The van der Waals surface area contributed by atoms with Crippen LogP contribution in [0.25, 0.3) is 21.9 Å². The molecule has 1 unspecified atom stereocenters. The van der Waals surface area contributed by atoms with Gasteiger partial charge in [0.05, 0.1) is 29.8 Å². The fourth-order valence-electron chi connectivity index (χ4n) is 3.21. The second kappa shape index (κ2) is 5.65. The maximum atomic E-state index is 11.0. The Hall–Kier alpha value is -3.30. The van der Waals surface area contributed by atoms with Gasteiger partial charge in [-0.15, -0.1) is 0 Å². The zero-order valence-corrected chi connectivity index (χ0v) is 13.8. The molecule has 3 N–H and O–H groups in total. The number of hydrogen-bond donors (Lipinski definition) is 3. The molecule has 0 fully saturated rings. The van der Waals surface area contributed by atoms with Gasteiger partial charge in [0.1, 0.15) is 17.7 Å². The predicted octanol–water partition coefficient (Wildman–Crippen LogP) is 3.31. The summed E-state index contributed by atoms with van der Waals surface area (Å²) in [5.74, 6) is 1.02. The van der Waals surface area contributed by atoms with Crippen LogP contribution in [-0.2, 0) is 0 Å². The number of fused-ring (bicyclic) bond motifs is 2. The van der Waals surface area contributed by atoms with E-state index in [1.165, 1.54) is 0 Å². The fourth-order valence-corrected chi connectivity index (χ4v) is 3.21. The topological polar surface area (TPSA) is 97.7 Å². The van der Waals surface area contributed by atoms with Gasteiger partial charge < -0.3 is 19.8 Å². The minimum Gasteiger partial charge on any atom is -0.496 e. The highest BCUT2D eigenvalue weighted by atomic mass is 16.5. The number of rotatable bonds is 3. The van der Waals surface area contributed by atoms with Crippen LogP contribution in [0.5, 0.6) is 5.75 Å². The van der Waals surface area contributed by atoms with Gasteiger partial charge in [-0.05, 0) is 42.8 Å². The van der Waals surface area contributed by atoms with Crippen LogP contribution in [0, 0.1) is 18.3 Å². The number of nitriles is 1. The van der Waals surface area contributed by atoms with E-state index >= 15 is 0 Å². The number of aromatic amines is 2. The smallest absolute Gasteiger partial charge is 0.141 e. The van der Waals surface area contributed by atoms with Crippen LogP contribution in [0.2, 0.25) is 0 Å². The van der Waals surface area contributed by atoms with Crippen molar-refractivity contribution < 1.29 is 9.84 Å². The van der Waals surface area contributed by atoms with Gasteiger partial charge in [-0.1, -0.05) is 0 Å². The average Bonchev–Trinajstić information content (AvgIpc) is 3.27. The largest absolute Gasteiger partial charge is 0.496 e. The van der Waals surface area contributed by atoms with E-state index in [1.807, 2.05) is 25.3 Å². The van der Waals surface area contributed by atoms with Crippen molar-refractivity contribution in [3.8, 4) is 11.8 Å². The van der Waals surface area contributed by atoms with E-state index in [4.69, 9.17) is 10.00 Å². The molecular weight excluding hydrogens is 316 g/mol. The Kier molecular flexibility index (Phi) is 3.45. The number of hydrogen-bond acceptors (Lipinski definition) is 4. The van der Waals surface area contributed by atoms with Gasteiger partial charge in [-0.25, -0.2) is 4.98 Å². The van der Waals surface area contributed by atoms with E-state index in [1.54, 1.807) is 25.3 Å². The van der Waals surface area contributed by atoms with Crippen LogP contribution < -0.4 is 4.74 Å². The molecule has 0 saturated heterocycles. The summed E-state index contributed by atoms with van der Waals surface area (Å²) >= 11 is 0. The number of nitrogens with one attached hydrogen (secondary N) is 2. The average molecular weight is 332 g/mol. The van der Waals surface area contributed by atoms with Crippen molar-refractivity contribution >= 4 is 21.9 Å². The van der Waals surface area contributed by atoms with E-state index in [0.717, 1.165) is 22.0 Å². The van der Waals surface area contributed by atoms with Gasteiger partial charge in [0.2, 0.25) is 0 Å². The molecule has 4 rings (SSSR count). The van der Waals surface area contributed by atoms with Crippen molar-refractivity contribution in [1.29, 1.82) is 5.26 Å². The second-order valence-corrected chi connectivity index (χ2v) is 5.94. The molecule has 0 aliphatic rings. The molecule has 1 atom stereocenters. The quantitative estimate of drug-likeness (QED) is 0.536. The predicted molar refractivity (Wildman–Crippen MR) is 94.5 cm³/mol. The number of aliphatic hydroxyl groups is 1. The summed E-state index contributed by atoms with van der Waals surface area (Å²) in [6.45, 7) is 1.99. The fraction of sp³-hybridized carbons (Fsp3) is 0.158. The zero-order chi connectivity index (χ0) is 17.6. The minimum atomic E-state index is -0.980. The number of imidazole rings is 1. The molecule has 2 aromatic carbocycles. The van der Waals surface area contributed by atoms with Gasteiger partial charge in [0.25, 0.3) is 0 Å². The highest BCUT2D eigenvalue weighted by molar-refractivity contribution is 5.89. The first-order valence-electron chi connectivity index (χ1n) is 7.84. The molecule has 0 aliphatic carbocycles. The first kappa shape index (κ1) is 15.2. The summed E-state index contributed by atoms with van der Waals surface area (Å²) in [5.41, 5.74) is 4.59. The number of aromatic nitrogens is 3. The highest BCUT2D eigenvalue weighted by Gasteiger charge is 2.23. The molecule has 0 radical (unpaired) electrons. The molecule has 6 heteroatoms.